The van der Waals surface area contributed by atoms with Gasteiger partial charge in [-0.2, -0.15) is 0 Å². The monoisotopic (exact) mass is 274 g/mol. The van der Waals surface area contributed by atoms with Crippen molar-refractivity contribution in [2.75, 3.05) is 13.1 Å². The first-order chi connectivity index (χ1) is 8.90. The molecule has 1 fully saturated rings. The standard InChI is InChI=1S/C11H18N2O6/c14-7-2-1-5-13(6-7)11(19)12-8(10(17)18)3-4-9(15)16/h7-8,14H,1-6H2,(H,12,19)(H,15,16)(H,17,18). The second-order valence-corrected chi connectivity index (χ2v) is 4.51. The highest BCUT2D eigenvalue weighted by molar-refractivity contribution is 5.83. The lowest BCUT2D eigenvalue weighted by molar-refractivity contribution is -0.140. The van der Waals surface area contributed by atoms with Crippen LogP contribution in [0.15, 0.2) is 0 Å². The maximum Gasteiger partial charge on any atom is 0.326 e. The summed E-state index contributed by atoms with van der Waals surface area (Å²) in [5.74, 6) is -2.39. The second kappa shape index (κ2) is 6.93. The third kappa shape index (κ3) is 5.12. The Morgan fingerprint density at radius 3 is 2.53 bits per heavy atom. The van der Waals surface area contributed by atoms with Crippen LogP contribution in [-0.4, -0.2) is 63.4 Å². The van der Waals surface area contributed by atoms with Gasteiger partial charge in [-0.1, -0.05) is 0 Å². The Labute approximate surface area is 110 Å². The Balaban J connectivity index is 2.50. The first kappa shape index (κ1) is 15.2. The number of hydrogen-bond donors (Lipinski definition) is 4. The molecule has 1 heterocycles. The average Bonchev–Trinajstić information content (AvgIpc) is 2.33. The average molecular weight is 274 g/mol. The molecule has 1 aliphatic rings. The number of hydrogen-bond acceptors (Lipinski definition) is 4. The number of aliphatic hydroxyl groups is 1. The lowest BCUT2D eigenvalue weighted by Crippen LogP contribution is -2.51. The normalized spacial score (nSPS) is 20.7. The van der Waals surface area contributed by atoms with Crippen LogP contribution >= 0.6 is 0 Å². The number of aliphatic hydroxyl groups excluding tert-OH is 1. The van der Waals surface area contributed by atoms with Crippen LogP contribution in [0.5, 0.6) is 0 Å². The number of nitrogens with one attached hydrogen (secondary N) is 1. The summed E-state index contributed by atoms with van der Waals surface area (Å²) in [4.78, 5) is 34.5. The zero-order valence-electron chi connectivity index (χ0n) is 10.4. The minimum absolute atomic E-state index is 0.164. The molecule has 8 heteroatoms. The molecular formula is C11H18N2O6. The van der Waals surface area contributed by atoms with Gasteiger partial charge in [-0.15, -0.1) is 0 Å². The minimum Gasteiger partial charge on any atom is -0.481 e. The van der Waals surface area contributed by atoms with E-state index in [0.29, 0.717) is 19.4 Å². The molecule has 0 radical (unpaired) electrons. The molecule has 1 aliphatic heterocycles. The van der Waals surface area contributed by atoms with Gasteiger partial charge in [0.25, 0.3) is 0 Å². The number of aliphatic carboxylic acids is 2. The molecular weight excluding hydrogens is 256 g/mol. The number of nitrogens with zero attached hydrogens (tertiary/aromatic N) is 1. The van der Waals surface area contributed by atoms with Crippen molar-refractivity contribution in [3.8, 4) is 0 Å². The number of carbonyl (C=O) groups is 3. The van der Waals surface area contributed by atoms with E-state index in [1.54, 1.807) is 0 Å². The van der Waals surface area contributed by atoms with E-state index < -0.39 is 30.1 Å². The fourth-order valence-electron chi connectivity index (χ4n) is 1.90. The predicted molar refractivity (Wildman–Crippen MR) is 63.6 cm³/mol. The molecule has 8 nitrogen and oxygen atoms in total. The molecule has 0 saturated carbocycles. The van der Waals surface area contributed by atoms with Crippen molar-refractivity contribution < 1.29 is 29.7 Å². The van der Waals surface area contributed by atoms with E-state index in [9.17, 15) is 19.5 Å². The highest BCUT2D eigenvalue weighted by Crippen LogP contribution is 2.10. The van der Waals surface area contributed by atoms with Crippen molar-refractivity contribution in [2.24, 2.45) is 0 Å². The van der Waals surface area contributed by atoms with E-state index in [4.69, 9.17) is 10.2 Å². The number of rotatable bonds is 5. The zero-order valence-corrected chi connectivity index (χ0v) is 10.4. The van der Waals surface area contributed by atoms with Gasteiger partial charge in [-0.25, -0.2) is 9.59 Å². The fraction of sp³-hybridized carbons (Fsp3) is 0.727. The predicted octanol–water partition coefficient (Wildman–Crippen LogP) is -0.529. The van der Waals surface area contributed by atoms with Crippen LogP contribution in [0.2, 0.25) is 0 Å². The summed E-state index contributed by atoms with van der Waals surface area (Å²) in [6.45, 7) is 0.616. The van der Waals surface area contributed by atoms with Gasteiger partial charge in [0, 0.05) is 19.5 Å². The van der Waals surface area contributed by atoms with Crippen LogP contribution in [0.3, 0.4) is 0 Å². The van der Waals surface area contributed by atoms with Crippen molar-refractivity contribution >= 4 is 18.0 Å². The third-order valence-electron chi connectivity index (χ3n) is 2.93. The van der Waals surface area contributed by atoms with Gasteiger partial charge < -0.3 is 25.5 Å². The number of carboxylic acid groups (broad SMARTS) is 2. The summed E-state index contributed by atoms with van der Waals surface area (Å²) >= 11 is 0. The van der Waals surface area contributed by atoms with E-state index >= 15 is 0 Å². The van der Waals surface area contributed by atoms with Gasteiger partial charge >= 0.3 is 18.0 Å². The van der Waals surface area contributed by atoms with Crippen molar-refractivity contribution in [3.63, 3.8) is 0 Å². The fourth-order valence-corrected chi connectivity index (χ4v) is 1.90. The van der Waals surface area contributed by atoms with E-state index in [1.807, 2.05) is 0 Å². The summed E-state index contributed by atoms with van der Waals surface area (Å²) in [5.41, 5.74) is 0. The maximum atomic E-state index is 11.8. The third-order valence-corrected chi connectivity index (χ3v) is 2.93. The quantitative estimate of drug-likeness (QED) is 0.533. The summed E-state index contributed by atoms with van der Waals surface area (Å²) in [7, 11) is 0. The van der Waals surface area contributed by atoms with Gasteiger partial charge in [-0.3, -0.25) is 4.79 Å². The van der Waals surface area contributed by atoms with Crippen LogP contribution in [0.1, 0.15) is 25.7 Å². The first-order valence-electron chi connectivity index (χ1n) is 6.08. The molecule has 2 amide bonds. The van der Waals surface area contributed by atoms with Gasteiger partial charge in [0.15, 0.2) is 0 Å². The number of likely N-dealkylation sites (tertiary alicyclic amines) is 1. The number of β-amino-alcohol motifs (C(OH)–C–C–N with tert-alkyl or cyclic N) is 1. The van der Waals surface area contributed by atoms with Gasteiger partial charge in [-0.05, 0) is 19.3 Å². The Bertz CT molecular complexity index is 359. The summed E-state index contributed by atoms with van der Waals surface area (Å²) in [6, 6.07) is -1.82. The Hall–Kier alpha value is -1.83. The molecule has 108 valence electrons. The van der Waals surface area contributed by atoms with Gasteiger partial charge in [0.2, 0.25) is 0 Å². The van der Waals surface area contributed by atoms with Crippen molar-refractivity contribution in [1.82, 2.24) is 10.2 Å². The number of carbonyl (C=O) groups excluding carboxylic acids is 1. The number of urea groups is 1. The molecule has 0 bridgehead atoms. The molecule has 0 aromatic rings. The molecule has 0 aromatic heterocycles. The summed E-state index contributed by atoms with van der Waals surface area (Å²) in [6.07, 6.45) is 0.168. The van der Waals surface area contributed by atoms with Crippen molar-refractivity contribution in [1.29, 1.82) is 0 Å². The van der Waals surface area contributed by atoms with Crippen LogP contribution in [0, 0.1) is 0 Å². The van der Waals surface area contributed by atoms with Crippen molar-refractivity contribution in [2.45, 2.75) is 37.8 Å². The van der Waals surface area contributed by atoms with Crippen LogP contribution in [-0.2, 0) is 9.59 Å². The Kier molecular flexibility index (Phi) is 5.56. The van der Waals surface area contributed by atoms with E-state index in [-0.39, 0.29) is 19.4 Å². The summed E-state index contributed by atoms with van der Waals surface area (Å²) in [5, 5.41) is 29.1. The molecule has 2 unspecified atom stereocenters. The summed E-state index contributed by atoms with van der Waals surface area (Å²) < 4.78 is 0. The molecule has 4 N–H and O–H groups in total. The highest BCUT2D eigenvalue weighted by atomic mass is 16.4. The Morgan fingerprint density at radius 1 is 1.32 bits per heavy atom. The molecule has 19 heavy (non-hydrogen) atoms. The lowest BCUT2D eigenvalue weighted by Gasteiger charge is -2.31. The molecule has 1 rings (SSSR count). The molecule has 1 saturated heterocycles. The highest BCUT2D eigenvalue weighted by Gasteiger charge is 2.26. The smallest absolute Gasteiger partial charge is 0.326 e. The van der Waals surface area contributed by atoms with Crippen molar-refractivity contribution in [3.05, 3.63) is 0 Å². The molecule has 0 aromatic carbocycles. The van der Waals surface area contributed by atoms with E-state index in [2.05, 4.69) is 5.32 Å². The molecule has 0 aliphatic carbocycles. The number of amides is 2. The zero-order chi connectivity index (χ0) is 14.4. The van der Waals surface area contributed by atoms with Crippen LogP contribution in [0.4, 0.5) is 4.79 Å². The first-order valence-corrected chi connectivity index (χ1v) is 6.08. The number of piperidine rings is 1. The molecule has 0 spiro atoms. The van der Waals surface area contributed by atoms with E-state index in [1.165, 1.54) is 4.90 Å². The lowest BCUT2D eigenvalue weighted by atomic mass is 10.1. The maximum absolute atomic E-state index is 11.8. The van der Waals surface area contributed by atoms with Gasteiger partial charge in [0.05, 0.1) is 6.10 Å². The van der Waals surface area contributed by atoms with Crippen LogP contribution in [0.25, 0.3) is 0 Å². The topological polar surface area (TPSA) is 127 Å². The number of carboxylic acids is 2. The molecule has 2 atom stereocenters. The second-order valence-electron chi connectivity index (χ2n) is 4.51. The Morgan fingerprint density at radius 2 is 2.00 bits per heavy atom. The minimum atomic E-state index is -1.27. The van der Waals surface area contributed by atoms with E-state index in [0.717, 1.165) is 0 Å². The largest absolute Gasteiger partial charge is 0.481 e. The van der Waals surface area contributed by atoms with Crippen LogP contribution < -0.4 is 5.32 Å². The SMILES string of the molecule is O=C(O)CCC(NC(=O)N1CCCC(O)C1)C(=O)O. The van der Waals surface area contributed by atoms with Gasteiger partial charge in [0.1, 0.15) is 6.04 Å².